The van der Waals surface area contributed by atoms with Gasteiger partial charge >= 0.3 is 0 Å². The topological polar surface area (TPSA) is 34.1 Å². The molecular weight excluding hydrogens is 200 g/mol. The summed E-state index contributed by atoms with van der Waals surface area (Å²) in [5, 5.41) is 3.34. The first-order chi connectivity index (χ1) is 7.88. The first-order valence-electron chi connectivity index (χ1n) is 6.21. The maximum Gasteiger partial charge on any atom is 0.123 e. The zero-order valence-electron chi connectivity index (χ0n) is 9.91. The van der Waals surface area contributed by atoms with Crippen molar-refractivity contribution in [3.05, 3.63) is 24.0 Å². The Hall–Kier alpha value is -1.09. The Morgan fingerprint density at radius 3 is 3.06 bits per heavy atom. The van der Waals surface area contributed by atoms with E-state index in [1.807, 2.05) is 18.3 Å². The van der Waals surface area contributed by atoms with Gasteiger partial charge in [-0.25, -0.2) is 0 Å². The van der Waals surface area contributed by atoms with Crippen molar-refractivity contribution in [1.82, 2.24) is 10.3 Å². The molecule has 1 N–H and O–H groups in total. The van der Waals surface area contributed by atoms with Gasteiger partial charge in [-0.2, -0.15) is 0 Å². The van der Waals surface area contributed by atoms with Gasteiger partial charge in [0.2, 0.25) is 0 Å². The fraction of sp³-hybridized carbons (Fsp3) is 0.615. The molecule has 0 aliphatic heterocycles. The molecule has 0 amide bonds. The van der Waals surface area contributed by atoms with Gasteiger partial charge < -0.3 is 10.1 Å². The van der Waals surface area contributed by atoms with Crippen molar-refractivity contribution in [2.75, 3.05) is 6.54 Å². The molecule has 1 saturated carbocycles. The van der Waals surface area contributed by atoms with Crippen LogP contribution >= 0.6 is 0 Å². The van der Waals surface area contributed by atoms with E-state index < -0.39 is 0 Å². The lowest BCUT2D eigenvalue weighted by atomic mass is 9.96. The second-order valence-corrected chi connectivity index (χ2v) is 4.33. The van der Waals surface area contributed by atoms with Crippen LogP contribution in [-0.4, -0.2) is 17.6 Å². The molecule has 0 unspecified atom stereocenters. The molecule has 0 atom stereocenters. The van der Waals surface area contributed by atoms with Gasteiger partial charge in [-0.15, -0.1) is 0 Å². The van der Waals surface area contributed by atoms with Gasteiger partial charge in [0, 0.05) is 18.8 Å². The van der Waals surface area contributed by atoms with Crippen molar-refractivity contribution in [1.29, 1.82) is 0 Å². The van der Waals surface area contributed by atoms with Gasteiger partial charge in [0.25, 0.3) is 0 Å². The van der Waals surface area contributed by atoms with Crippen LogP contribution in [0.3, 0.4) is 0 Å². The van der Waals surface area contributed by atoms with Crippen LogP contribution in [0.25, 0.3) is 0 Å². The first kappa shape index (κ1) is 11.4. The smallest absolute Gasteiger partial charge is 0.123 e. The summed E-state index contributed by atoms with van der Waals surface area (Å²) in [5.74, 6) is 0.966. The highest BCUT2D eigenvalue weighted by Gasteiger charge is 2.18. The van der Waals surface area contributed by atoms with Crippen LogP contribution in [0.5, 0.6) is 5.75 Å². The highest BCUT2D eigenvalue weighted by atomic mass is 16.5. The second-order valence-electron chi connectivity index (χ2n) is 4.33. The lowest BCUT2D eigenvalue weighted by molar-refractivity contribution is 0.120. The van der Waals surface area contributed by atoms with Gasteiger partial charge in [0.15, 0.2) is 0 Å². The molecule has 16 heavy (non-hydrogen) atoms. The average molecular weight is 220 g/mol. The summed E-state index contributed by atoms with van der Waals surface area (Å²) >= 11 is 0. The van der Waals surface area contributed by atoms with E-state index in [1.54, 1.807) is 0 Å². The average Bonchev–Trinajstić information content (AvgIpc) is 2.25. The third-order valence-electron chi connectivity index (χ3n) is 2.88. The largest absolute Gasteiger partial charge is 0.490 e. The summed E-state index contributed by atoms with van der Waals surface area (Å²) in [7, 11) is 0. The van der Waals surface area contributed by atoms with Crippen molar-refractivity contribution < 1.29 is 4.74 Å². The lowest BCUT2D eigenvalue weighted by Crippen LogP contribution is -2.24. The number of hydrogen-bond donors (Lipinski definition) is 1. The molecule has 1 aliphatic rings. The minimum absolute atomic E-state index is 0.443. The normalized spacial score (nSPS) is 15.8. The molecule has 1 heterocycles. The quantitative estimate of drug-likeness (QED) is 0.748. The zero-order chi connectivity index (χ0) is 11.2. The standard InChI is InChI=1S/C13H20N2O/c1-2-7-14-10-11-9-13(6-8-15-11)16-12-4-3-5-12/h6,8-9,12,14H,2-5,7,10H2,1H3. The Kier molecular flexibility index (Phi) is 4.17. The van der Waals surface area contributed by atoms with Crippen molar-refractivity contribution in [2.45, 2.75) is 45.3 Å². The van der Waals surface area contributed by atoms with Gasteiger partial charge in [0.05, 0.1) is 11.8 Å². The Morgan fingerprint density at radius 1 is 1.50 bits per heavy atom. The van der Waals surface area contributed by atoms with Gasteiger partial charge in [-0.05, 0) is 38.3 Å². The summed E-state index contributed by atoms with van der Waals surface area (Å²) < 4.78 is 5.83. The molecule has 1 aromatic rings. The van der Waals surface area contributed by atoms with E-state index in [4.69, 9.17) is 4.74 Å². The van der Waals surface area contributed by atoms with E-state index in [0.717, 1.165) is 31.0 Å². The summed E-state index contributed by atoms with van der Waals surface area (Å²) in [4.78, 5) is 4.32. The van der Waals surface area contributed by atoms with Crippen LogP contribution in [0.2, 0.25) is 0 Å². The summed E-state index contributed by atoms with van der Waals surface area (Å²) in [6.45, 7) is 4.03. The molecule has 88 valence electrons. The number of rotatable bonds is 6. The van der Waals surface area contributed by atoms with Crippen molar-refractivity contribution in [3.8, 4) is 5.75 Å². The van der Waals surface area contributed by atoms with Crippen LogP contribution in [0.15, 0.2) is 18.3 Å². The first-order valence-corrected chi connectivity index (χ1v) is 6.21. The van der Waals surface area contributed by atoms with Crippen LogP contribution in [0, 0.1) is 0 Å². The highest BCUT2D eigenvalue weighted by Crippen LogP contribution is 2.24. The van der Waals surface area contributed by atoms with Gasteiger partial charge in [-0.3, -0.25) is 4.98 Å². The Morgan fingerprint density at radius 2 is 2.38 bits per heavy atom. The Bertz CT molecular complexity index is 323. The predicted octanol–water partition coefficient (Wildman–Crippen LogP) is 2.51. The Balaban J connectivity index is 1.85. The SMILES string of the molecule is CCCNCc1cc(OC2CCC2)ccn1. The molecule has 0 spiro atoms. The van der Waals surface area contributed by atoms with Crippen molar-refractivity contribution in [3.63, 3.8) is 0 Å². The van der Waals surface area contributed by atoms with Gasteiger partial charge in [0.1, 0.15) is 5.75 Å². The predicted molar refractivity (Wildman–Crippen MR) is 64.5 cm³/mol. The molecule has 0 saturated heterocycles. The molecule has 3 heteroatoms. The molecular formula is C13H20N2O. The minimum Gasteiger partial charge on any atom is -0.490 e. The Labute approximate surface area is 97.2 Å². The fourth-order valence-electron chi connectivity index (χ4n) is 1.70. The van der Waals surface area contributed by atoms with Crippen LogP contribution in [-0.2, 0) is 6.54 Å². The van der Waals surface area contributed by atoms with E-state index in [1.165, 1.54) is 19.3 Å². The minimum atomic E-state index is 0.443. The summed E-state index contributed by atoms with van der Waals surface area (Å²) in [6, 6.07) is 3.99. The monoisotopic (exact) mass is 220 g/mol. The van der Waals surface area contributed by atoms with Crippen LogP contribution in [0.1, 0.15) is 38.3 Å². The molecule has 1 aliphatic carbocycles. The molecule has 0 radical (unpaired) electrons. The van der Waals surface area contributed by atoms with Crippen molar-refractivity contribution in [2.24, 2.45) is 0 Å². The van der Waals surface area contributed by atoms with E-state index in [9.17, 15) is 0 Å². The molecule has 3 nitrogen and oxygen atoms in total. The summed E-state index contributed by atoms with van der Waals surface area (Å²) in [5.41, 5.74) is 1.06. The number of aromatic nitrogens is 1. The van der Waals surface area contributed by atoms with Crippen LogP contribution < -0.4 is 10.1 Å². The third-order valence-corrected chi connectivity index (χ3v) is 2.88. The van der Waals surface area contributed by atoms with Crippen LogP contribution in [0.4, 0.5) is 0 Å². The van der Waals surface area contributed by atoms with Gasteiger partial charge in [-0.1, -0.05) is 6.92 Å². The molecule has 2 rings (SSSR count). The fourth-order valence-corrected chi connectivity index (χ4v) is 1.70. The number of nitrogens with one attached hydrogen (secondary N) is 1. The number of nitrogens with zero attached hydrogens (tertiary/aromatic N) is 1. The van der Waals surface area contributed by atoms with E-state index in [0.29, 0.717) is 6.10 Å². The lowest BCUT2D eigenvalue weighted by Gasteiger charge is -2.26. The summed E-state index contributed by atoms with van der Waals surface area (Å²) in [6.07, 6.45) is 7.13. The second kappa shape index (κ2) is 5.85. The van der Waals surface area contributed by atoms with E-state index in [-0.39, 0.29) is 0 Å². The molecule has 1 fully saturated rings. The molecule has 0 aromatic carbocycles. The maximum absolute atomic E-state index is 5.83. The third kappa shape index (κ3) is 3.20. The van der Waals surface area contributed by atoms with Crippen molar-refractivity contribution >= 4 is 0 Å². The van der Waals surface area contributed by atoms with E-state index >= 15 is 0 Å². The zero-order valence-corrected chi connectivity index (χ0v) is 9.91. The number of hydrogen-bond acceptors (Lipinski definition) is 3. The number of ether oxygens (including phenoxy) is 1. The molecule has 0 bridgehead atoms. The number of pyridine rings is 1. The van der Waals surface area contributed by atoms with E-state index in [2.05, 4.69) is 17.2 Å². The highest BCUT2D eigenvalue weighted by molar-refractivity contribution is 5.23. The molecule has 1 aromatic heterocycles. The maximum atomic E-state index is 5.83.